The minimum atomic E-state index is -0.448. The lowest BCUT2D eigenvalue weighted by Crippen LogP contribution is -2.33. The minimum absolute atomic E-state index is 0.231. The van der Waals surface area contributed by atoms with E-state index in [0.717, 1.165) is 36.1 Å². The molecular weight excluding hydrogens is 246 g/mol. The molecule has 5 nitrogen and oxygen atoms in total. The van der Waals surface area contributed by atoms with E-state index in [-0.39, 0.29) is 6.79 Å². The summed E-state index contributed by atoms with van der Waals surface area (Å²) in [5.74, 6) is 1.43. The first-order valence-electron chi connectivity index (χ1n) is 6.30. The van der Waals surface area contributed by atoms with Gasteiger partial charge < -0.3 is 14.2 Å². The van der Waals surface area contributed by atoms with Gasteiger partial charge in [0.25, 0.3) is 0 Å². The van der Waals surface area contributed by atoms with E-state index < -0.39 is 5.54 Å². The van der Waals surface area contributed by atoms with Crippen LogP contribution in [0.1, 0.15) is 30.4 Å². The Balaban J connectivity index is 2.10. The number of rotatable bonds is 4. The molecule has 2 aliphatic rings. The maximum Gasteiger partial charge on any atom is 0.235 e. The minimum Gasteiger partial charge on any atom is -0.454 e. The number of carbonyl (C=O) groups excluding carboxylic acids is 1. The van der Waals surface area contributed by atoms with Crippen LogP contribution in [0.4, 0.5) is 0 Å². The molecule has 1 aliphatic carbocycles. The van der Waals surface area contributed by atoms with Gasteiger partial charge in [0.15, 0.2) is 11.5 Å². The molecule has 0 bridgehead atoms. The van der Waals surface area contributed by atoms with Gasteiger partial charge in [-0.2, -0.15) is 4.99 Å². The third kappa shape index (κ3) is 1.91. The predicted molar refractivity (Wildman–Crippen MR) is 66.9 cm³/mol. The van der Waals surface area contributed by atoms with Gasteiger partial charge in [-0.25, -0.2) is 4.79 Å². The summed E-state index contributed by atoms with van der Waals surface area (Å²) in [4.78, 5) is 14.8. The number of methoxy groups -OCH3 is 1. The monoisotopic (exact) mass is 261 g/mol. The Bertz CT molecular complexity index is 545. The van der Waals surface area contributed by atoms with E-state index in [1.54, 1.807) is 13.2 Å². The molecule has 0 unspecified atom stereocenters. The zero-order valence-electron chi connectivity index (χ0n) is 10.8. The van der Waals surface area contributed by atoms with Crippen molar-refractivity contribution in [3.05, 3.63) is 23.3 Å². The van der Waals surface area contributed by atoms with Crippen molar-refractivity contribution in [2.75, 3.05) is 13.9 Å². The highest BCUT2D eigenvalue weighted by Gasteiger charge is 2.41. The van der Waals surface area contributed by atoms with Gasteiger partial charge in [-0.05, 0) is 42.5 Å². The quantitative estimate of drug-likeness (QED) is 0.616. The molecule has 0 N–H and O–H groups in total. The zero-order valence-corrected chi connectivity index (χ0v) is 10.8. The summed E-state index contributed by atoms with van der Waals surface area (Å²) in [5.41, 5.74) is 1.54. The van der Waals surface area contributed by atoms with Crippen LogP contribution in [0.2, 0.25) is 0 Å². The van der Waals surface area contributed by atoms with Crippen molar-refractivity contribution in [3.63, 3.8) is 0 Å². The summed E-state index contributed by atoms with van der Waals surface area (Å²) in [6.45, 7) is 0.692. The van der Waals surface area contributed by atoms with E-state index in [1.165, 1.54) is 0 Å². The van der Waals surface area contributed by atoms with Crippen LogP contribution < -0.4 is 9.47 Å². The first-order valence-corrected chi connectivity index (χ1v) is 6.30. The lowest BCUT2D eigenvalue weighted by atomic mass is 9.71. The highest BCUT2D eigenvalue weighted by molar-refractivity contribution is 5.52. The number of fused-ring (bicyclic) bond motifs is 1. The van der Waals surface area contributed by atoms with Gasteiger partial charge in [0, 0.05) is 7.11 Å². The summed E-state index contributed by atoms with van der Waals surface area (Å²) >= 11 is 0. The second-order valence-electron chi connectivity index (χ2n) is 4.88. The van der Waals surface area contributed by atoms with Crippen LogP contribution in [0.25, 0.3) is 0 Å². The van der Waals surface area contributed by atoms with Crippen LogP contribution in [0.15, 0.2) is 17.1 Å². The number of hydrogen-bond acceptors (Lipinski definition) is 5. The number of nitrogens with zero attached hydrogens (tertiary/aromatic N) is 1. The molecule has 0 atom stereocenters. The smallest absolute Gasteiger partial charge is 0.235 e. The van der Waals surface area contributed by atoms with Gasteiger partial charge in [0.2, 0.25) is 12.9 Å². The molecule has 0 aromatic heterocycles. The van der Waals surface area contributed by atoms with Crippen LogP contribution in [-0.4, -0.2) is 20.0 Å². The van der Waals surface area contributed by atoms with Crippen molar-refractivity contribution in [3.8, 4) is 11.5 Å². The Morgan fingerprint density at radius 2 is 2.11 bits per heavy atom. The van der Waals surface area contributed by atoms with E-state index >= 15 is 0 Å². The summed E-state index contributed by atoms with van der Waals surface area (Å²) in [7, 11) is 1.64. The van der Waals surface area contributed by atoms with E-state index in [1.807, 2.05) is 12.1 Å². The molecule has 3 rings (SSSR count). The van der Waals surface area contributed by atoms with Crippen LogP contribution in [0, 0.1) is 0 Å². The van der Waals surface area contributed by atoms with Crippen LogP contribution in [0.3, 0.4) is 0 Å². The number of aliphatic imine (C=N–C) groups is 1. The van der Waals surface area contributed by atoms with E-state index in [2.05, 4.69) is 4.99 Å². The van der Waals surface area contributed by atoms with Crippen LogP contribution in [-0.2, 0) is 21.7 Å². The molecule has 0 saturated heterocycles. The fourth-order valence-electron chi connectivity index (χ4n) is 2.73. The van der Waals surface area contributed by atoms with E-state index in [0.29, 0.717) is 12.4 Å². The largest absolute Gasteiger partial charge is 0.454 e. The van der Waals surface area contributed by atoms with E-state index in [4.69, 9.17) is 14.2 Å². The normalized spacial score (nSPS) is 18.6. The van der Waals surface area contributed by atoms with Crippen molar-refractivity contribution >= 4 is 6.08 Å². The van der Waals surface area contributed by atoms with Gasteiger partial charge in [-0.1, -0.05) is 0 Å². The molecule has 0 spiro atoms. The second-order valence-corrected chi connectivity index (χ2v) is 4.88. The molecule has 19 heavy (non-hydrogen) atoms. The number of benzene rings is 1. The standard InChI is InChI=1S/C14H15NO4/c1-17-7-10-5-12-13(19-9-18-12)6-11(10)14(15-8-16)3-2-4-14/h5-6H,2-4,7,9H2,1H3. The molecule has 0 radical (unpaired) electrons. The molecule has 1 heterocycles. The third-order valence-electron chi connectivity index (χ3n) is 3.84. The van der Waals surface area contributed by atoms with Gasteiger partial charge in [-0.3, -0.25) is 0 Å². The first kappa shape index (κ1) is 12.2. The van der Waals surface area contributed by atoms with Crippen molar-refractivity contribution in [1.82, 2.24) is 0 Å². The average molecular weight is 261 g/mol. The predicted octanol–water partition coefficient (Wildman–Crippen LogP) is 2.28. The van der Waals surface area contributed by atoms with Crippen molar-refractivity contribution < 1.29 is 19.0 Å². The first-order chi connectivity index (χ1) is 9.29. The Morgan fingerprint density at radius 3 is 2.68 bits per heavy atom. The molecular formula is C14H15NO4. The maximum atomic E-state index is 10.7. The molecule has 0 amide bonds. The van der Waals surface area contributed by atoms with Crippen LogP contribution >= 0.6 is 0 Å². The molecule has 1 aliphatic heterocycles. The summed E-state index contributed by atoms with van der Waals surface area (Å²) in [6.07, 6.45) is 4.49. The van der Waals surface area contributed by atoms with Gasteiger partial charge in [0.05, 0.1) is 12.1 Å². The molecule has 100 valence electrons. The fourth-order valence-corrected chi connectivity index (χ4v) is 2.73. The number of isocyanates is 1. The van der Waals surface area contributed by atoms with Crippen molar-refractivity contribution in [2.24, 2.45) is 4.99 Å². The molecule has 1 aromatic rings. The lowest BCUT2D eigenvalue weighted by Gasteiger charge is -2.38. The molecule has 5 heteroatoms. The molecule has 1 fully saturated rings. The van der Waals surface area contributed by atoms with Gasteiger partial charge >= 0.3 is 0 Å². The van der Waals surface area contributed by atoms with Gasteiger partial charge in [-0.15, -0.1) is 0 Å². The second kappa shape index (κ2) is 4.68. The lowest BCUT2D eigenvalue weighted by molar-refractivity contribution is 0.173. The topological polar surface area (TPSA) is 57.1 Å². The van der Waals surface area contributed by atoms with E-state index in [9.17, 15) is 4.79 Å². The Kier molecular flexibility index (Phi) is 3.01. The molecule has 1 saturated carbocycles. The Morgan fingerprint density at radius 1 is 1.37 bits per heavy atom. The fraction of sp³-hybridized carbons (Fsp3) is 0.500. The Labute approximate surface area is 111 Å². The number of hydrogen-bond donors (Lipinski definition) is 0. The van der Waals surface area contributed by atoms with Crippen molar-refractivity contribution in [2.45, 2.75) is 31.4 Å². The summed E-state index contributed by atoms with van der Waals surface area (Å²) < 4.78 is 16.0. The highest BCUT2D eigenvalue weighted by atomic mass is 16.7. The Hall–Kier alpha value is -1.84. The molecule has 1 aromatic carbocycles. The summed E-state index contributed by atoms with van der Waals surface area (Å²) in [6, 6.07) is 3.85. The third-order valence-corrected chi connectivity index (χ3v) is 3.84. The SMILES string of the molecule is COCc1cc2c(cc1C1(N=C=O)CCC1)OCO2. The maximum absolute atomic E-state index is 10.7. The average Bonchev–Trinajstić information content (AvgIpc) is 2.80. The van der Waals surface area contributed by atoms with Gasteiger partial charge in [0.1, 0.15) is 0 Å². The summed E-state index contributed by atoms with van der Waals surface area (Å²) in [5, 5.41) is 0. The van der Waals surface area contributed by atoms with Crippen LogP contribution in [0.5, 0.6) is 11.5 Å². The highest BCUT2D eigenvalue weighted by Crippen LogP contribution is 2.49. The zero-order chi connectivity index (χ0) is 13.3. The van der Waals surface area contributed by atoms with Crippen molar-refractivity contribution in [1.29, 1.82) is 0 Å². The number of ether oxygens (including phenoxy) is 3.